The zero-order valence-electron chi connectivity index (χ0n) is 7.24. The summed E-state index contributed by atoms with van der Waals surface area (Å²) in [6.45, 7) is -0.164. The van der Waals surface area contributed by atoms with Gasteiger partial charge in [-0.2, -0.15) is 0 Å². The molecule has 2 heterocycles. The Labute approximate surface area is 79.5 Å². The van der Waals surface area contributed by atoms with Gasteiger partial charge in [-0.1, -0.05) is 0 Å². The minimum atomic E-state index is -0.400. The lowest BCUT2D eigenvalue weighted by Gasteiger charge is -1.95. The third kappa shape index (κ3) is 1.62. The van der Waals surface area contributed by atoms with Gasteiger partial charge >= 0.3 is 0 Å². The average molecular weight is 193 g/mol. The van der Waals surface area contributed by atoms with E-state index in [0.717, 1.165) is 6.20 Å². The summed E-state index contributed by atoms with van der Waals surface area (Å²) in [5.74, 6) is 0.0481. The van der Waals surface area contributed by atoms with Gasteiger partial charge in [0, 0.05) is 11.8 Å². The van der Waals surface area contributed by atoms with E-state index in [9.17, 15) is 4.39 Å². The molecule has 0 atom stereocenters. The molecule has 0 spiro atoms. The highest BCUT2D eigenvalue weighted by atomic mass is 19.1. The number of halogens is 1. The van der Waals surface area contributed by atoms with Gasteiger partial charge in [0.15, 0.2) is 0 Å². The number of pyridine rings is 1. The highest BCUT2D eigenvalue weighted by Gasteiger charge is 2.03. The number of hydrogen-bond acceptors (Lipinski definition) is 3. The van der Waals surface area contributed by atoms with Gasteiger partial charge in [0.05, 0.1) is 18.1 Å². The molecule has 2 N–H and O–H groups in total. The summed E-state index contributed by atoms with van der Waals surface area (Å²) in [6.07, 6.45) is 4.19. The van der Waals surface area contributed by atoms with E-state index in [4.69, 9.17) is 5.11 Å². The van der Waals surface area contributed by atoms with Gasteiger partial charge in [0.1, 0.15) is 18.2 Å². The fraction of sp³-hybridized carbons (Fsp3) is 0.111. The molecule has 4 nitrogen and oxygen atoms in total. The van der Waals surface area contributed by atoms with Crippen molar-refractivity contribution in [2.75, 3.05) is 0 Å². The number of nitrogens with one attached hydrogen (secondary N) is 1. The Morgan fingerprint density at radius 1 is 1.36 bits per heavy atom. The van der Waals surface area contributed by atoms with Crippen LogP contribution in [0.5, 0.6) is 0 Å². The summed E-state index contributed by atoms with van der Waals surface area (Å²) in [5.41, 5.74) is 1.25. The molecule has 14 heavy (non-hydrogen) atoms. The minimum Gasteiger partial charge on any atom is -0.388 e. The maximum Gasteiger partial charge on any atom is 0.142 e. The average Bonchev–Trinajstić information content (AvgIpc) is 2.66. The molecule has 0 aliphatic carbocycles. The van der Waals surface area contributed by atoms with Crippen molar-refractivity contribution in [3.63, 3.8) is 0 Å². The molecular weight excluding hydrogens is 185 g/mol. The predicted octanol–water partition coefficient (Wildman–Crippen LogP) is 1.10. The highest BCUT2D eigenvalue weighted by molar-refractivity contribution is 5.56. The fourth-order valence-electron chi connectivity index (χ4n) is 1.15. The van der Waals surface area contributed by atoms with Gasteiger partial charge in [-0.15, -0.1) is 0 Å². The first-order chi connectivity index (χ1) is 6.79. The smallest absolute Gasteiger partial charge is 0.142 e. The van der Waals surface area contributed by atoms with Crippen molar-refractivity contribution in [2.24, 2.45) is 0 Å². The second-order valence-electron chi connectivity index (χ2n) is 2.79. The van der Waals surface area contributed by atoms with Gasteiger partial charge < -0.3 is 10.1 Å². The standard InChI is InChI=1S/C9H8FN3O/c10-7-1-6(2-11-3-7)8-4-12-9(5-14)13-8/h1-4,14H,5H2,(H,12,13). The number of nitrogens with zero attached hydrogens (tertiary/aromatic N) is 2. The molecule has 5 heteroatoms. The maximum absolute atomic E-state index is 12.8. The van der Waals surface area contributed by atoms with Crippen LogP contribution in [0.3, 0.4) is 0 Å². The van der Waals surface area contributed by atoms with Crippen molar-refractivity contribution in [3.05, 3.63) is 36.3 Å². The molecule has 72 valence electrons. The lowest BCUT2D eigenvalue weighted by atomic mass is 10.2. The maximum atomic E-state index is 12.8. The van der Waals surface area contributed by atoms with E-state index < -0.39 is 5.82 Å². The second kappa shape index (κ2) is 3.55. The first-order valence-electron chi connectivity index (χ1n) is 4.05. The van der Waals surface area contributed by atoms with E-state index in [2.05, 4.69) is 15.0 Å². The second-order valence-corrected chi connectivity index (χ2v) is 2.79. The summed E-state index contributed by atoms with van der Waals surface area (Å²) in [5, 5.41) is 8.77. The van der Waals surface area contributed by atoms with Crippen LogP contribution in [-0.2, 0) is 6.61 Å². The summed E-state index contributed by atoms with van der Waals surface area (Å²) in [7, 11) is 0. The monoisotopic (exact) mass is 193 g/mol. The molecule has 0 saturated carbocycles. The lowest BCUT2D eigenvalue weighted by molar-refractivity contribution is 0.272. The van der Waals surface area contributed by atoms with Crippen LogP contribution in [-0.4, -0.2) is 20.1 Å². The normalized spacial score (nSPS) is 10.4. The van der Waals surface area contributed by atoms with Crippen LogP contribution in [0.2, 0.25) is 0 Å². The van der Waals surface area contributed by atoms with Crippen molar-refractivity contribution >= 4 is 0 Å². The lowest BCUT2D eigenvalue weighted by Crippen LogP contribution is -1.86. The molecule has 0 saturated heterocycles. The molecule has 0 radical (unpaired) electrons. The van der Waals surface area contributed by atoms with E-state index >= 15 is 0 Å². The van der Waals surface area contributed by atoms with Gasteiger partial charge in [-0.3, -0.25) is 4.98 Å². The summed E-state index contributed by atoms with van der Waals surface area (Å²) in [6, 6.07) is 1.35. The van der Waals surface area contributed by atoms with Crippen LogP contribution in [0.1, 0.15) is 5.82 Å². The first-order valence-corrected chi connectivity index (χ1v) is 4.05. The Kier molecular flexibility index (Phi) is 2.24. The topological polar surface area (TPSA) is 61.8 Å². The van der Waals surface area contributed by atoms with Gasteiger partial charge in [0.25, 0.3) is 0 Å². The SMILES string of the molecule is OCc1ncc(-c2cncc(F)c2)[nH]1. The quantitative estimate of drug-likeness (QED) is 0.750. The zero-order valence-corrected chi connectivity index (χ0v) is 7.24. The Hall–Kier alpha value is -1.75. The molecule has 0 aliphatic rings. The molecule has 0 unspecified atom stereocenters. The summed E-state index contributed by atoms with van der Waals surface area (Å²) in [4.78, 5) is 10.4. The van der Waals surface area contributed by atoms with Gasteiger partial charge in [-0.05, 0) is 6.07 Å². The van der Waals surface area contributed by atoms with Crippen molar-refractivity contribution in [1.29, 1.82) is 0 Å². The first kappa shape index (κ1) is 8.83. The Morgan fingerprint density at radius 3 is 2.86 bits per heavy atom. The largest absolute Gasteiger partial charge is 0.388 e. The summed E-state index contributed by atoms with van der Waals surface area (Å²) < 4.78 is 12.8. The van der Waals surface area contributed by atoms with Gasteiger partial charge in [0.2, 0.25) is 0 Å². The zero-order chi connectivity index (χ0) is 9.97. The molecule has 0 fully saturated rings. The van der Waals surface area contributed by atoms with Crippen molar-refractivity contribution in [1.82, 2.24) is 15.0 Å². The molecule has 0 aromatic carbocycles. The van der Waals surface area contributed by atoms with E-state index in [1.54, 1.807) is 0 Å². The molecule has 0 amide bonds. The molecule has 0 aliphatic heterocycles. The molecule has 0 bridgehead atoms. The van der Waals surface area contributed by atoms with Crippen LogP contribution < -0.4 is 0 Å². The number of rotatable bonds is 2. The molecule has 2 aromatic heterocycles. The van der Waals surface area contributed by atoms with E-state index in [0.29, 0.717) is 17.1 Å². The Balaban J connectivity index is 2.39. The number of imidazole rings is 1. The fourth-order valence-corrected chi connectivity index (χ4v) is 1.15. The molecule has 2 aromatic rings. The van der Waals surface area contributed by atoms with E-state index in [1.165, 1.54) is 18.5 Å². The summed E-state index contributed by atoms with van der Waals surface area (Å²) >= 11 is 0. The predicted molar refractivity (Wildman–Crippen MR) is 47.7 cm³/mol. The number of aliphatic hydroxyl groups is 1. The van der Waals surface area contributed by atoms with Crippen LogP contribution >= 0.6 is 0 Å². The van der Waals surface area contributed by atoms with Crippen LogP contribution in [0.25, 0.3) is 11.3 Å². The Morgan fingerprint density at radius 2 is 2.21 bits per heavy atom. The Bertz CT molecular complexity index is 441. The van der Waals surface area contributed by atoms with Crippen LogP contribution in [0.15, 0.2) is 24.7 Å². The third-order valence-corrected chi connectivity index (χ3v) is 1.79. The van der Waals surface area contributed by atoms with Crippen LogP contribution in [0.4, 0.5) is 4.39 Å². The number of H-pyrrole nitrogens is 1. The molecule has 2 rings (SSSR count). The highest BCUT2D eigenvalue weighted by Crippen LogP contribution is 2.16. The third-order valence-electron chi connectivity index (χ3n) is 1.79. The molecular formula is C9H8FN3O. The van der Waals surface area contributed by atoms with Crippen molar-refractivity contribution in [3.8, 4) is 11.3 Å². The van der Waals surface area contributed by atoms with Gasteiger partial charge in [-0.25, -0.2) is 9.37 Å². The minimum absolute atomic E-state index is 0.164. The van der Waals surface area contributed by atoms with E-state index in [1.807, 2.05) is 0 Å². The van der Waals surface area contributed by atoms with Crippen molar-refractivity contribution in [2.45, 2.75) is 6.61 Å². The van der Waals surface area contributed by atoms with Crippen LogP contribution in [0, 0.1) is 5.82 Å². The number of aromatic amines is 1. The van der Waals surface area contributed by atoms with E-state index in [-0.39, 0.29) is 6.61 Å². The number of hydrogen-bond donors (Lipinski definition) is 2. The number of aromatic nitrogens is 3. The van der Waals surface area contributed by atoms with Crippen molar-refractivity contribution < 1.29 is 9.50 Å². The number of aliphatic hydroxyl groups excluding tert-OH is 1.